The first-order valence-electron chi connectivity index (χ1n) is 5.42. The first-order chi connectivity index (χ1) is 9.00. The molecular weight excluding hydrogens is 266 g/mol. The number of rotatable bonds is 3. The molecule has 0 aliphatic rings. The Kier molecular flexibility index (Phi) is 3.53. The number of aromatic carboxylic acids is 1. The van der Waals surface area contributed by atoms with Gasteiger partial charge in [0.05, 0.1) is 16.3 Å². The van der Waals surface area contributed by atoms with E-state index in [0.29, 0.717) is 11.3 Å². The van der Waals surface area contributed by atoms with Crippen LogP contribution in [0.1, 0.15) is 26.3 Å². The number of carboxylic acids is 1. The molecular formula is C14H10ClNO3. The van der Waals surface area contributed by atoms with Gasteiger partial charge in [0, 0.05) is 11.1 Å². The summed E-state index contributed by atoms with van der Waals surface area (Å²) in [5, 5.41) is 9.32. The first-order valence-corrected chi connectivity index (χ1v) is 5.80. The molecule has 0 spiro atoms. The summed E-state index contributed by atoms with van der Waals surface area (Å²) >= 11 is 5.85. The lowest BCUT2D eigenvalue weighted by Gasteiger charge is -2.06. The lowest BCUT2D eigenvalue weighted by atomic mass is 9.98. The number of benzene rings is 2. The van der Waals surface area contributed by atoms with Crippen LogP contribution in [-0.4, -0.2) is 16.9 Å². The van der Waals surface area contributed by atoms with Crippen LogP contribution in [0, 0.1) is 0 Å². The maximum Gasteiger partial charge on any atom is 0.336 e. The summed E-state index contributed by atoms with van der Waals surface area (Å²) in [6, 6.07) is 10.5. The third kappa shape index (κ3) is 2.58. The minimum atomic E-state index is -1.15. The predicted molar refractivity (Wildman–Crippen MR) is 72.7 cm³/mol. The topological polar surface area (TPSA) is 80.4 Å². The smallest absolute Gasteiger partial charge is 0.336 e. The Morgan fingerprint density at radius 2 is 1.68 bits per heavy atom. The summed E-state index contributed by atoms with van der Waals surface area (Å²) in [5.41, 5.74) is 6.31. The van der Waals surface area contributed by atoms with Crippen molar-refractivity contribution in [2.24, 2.45) is 0 Å². The van der Waals surface area contributed by atoms with Gasteiger partial charge in [-0.3, -0.25) is 4.79 Å². The Labute approximate surface area is 114 Å². The molecule has 0 radical (unpaired) electrons. The molecule has 0 bridgehead atoms. The fraction of sp³-hybridized carbons (Fsp3) is 0. The standard InChI is InChI=1S/C14H10ClNO3/c15-11-7-8(5-6-12(11)16)13(17)9-3-1-2-4-10(9)14(18)19/h1-7H,16H2,(H,18,19). The molecule has 96 valence electrons. The highest BCUT2D eigenvalue weighted by Gasteiger charge is 2.17. The minimum Gasteiger partial charge on any atom is -0.478 e. The number of carboxylic acid groups (broad SMARTS) is 1. The number of carbonyl (C=O) groups is 2. The Bertz CT molecular complexity index is 667. The van der Waals surface area contributed by atoms with Gasteiger partial charge in [-0.25, -0.2) is 4.79 Å². The quantitative estimate of drug-likeness (QED) is 0.667. The van der Waals surface area contributed by atoms with Gasteiger partial charge in [-0.05, 0) is 24.3 Å². The number of hydrogen-bond acceptors (Lipinski definition) is 3. The average Bonchev–Trinajstić information content (AvgIpc) is 2.41. The summed E-state index contributed by atoms with van der Waals surface area (Å²) in [4.78, 5) is 23.4. The van der Waals surface area contributed by atoms with Gasteiger partial charge >= 0.3 is 5.97 Å². The number of ketones is 1. The Hall–Kier alpha value is -2.33. The number of anilines is 1. The van der Waals surface area contributed by atoms with Crippen LogP contribution in [0.25, 0.3) is 0 Å². The Balaban J connectivity index is 2.50. The molecule has 0 saturated carbocycles. The SMILES string of the molecule is Nc1ccc(C(=O)c2ccccc2C(=O)O)cc1Cl. The molecule has 2 aromatic carbocycles. The van der Waals surface area contributed by atoms with E-state index < -0.39 is 11.8 Å². The van der Waals surface area contributed by atoms with Crippen molar-refractivity contribution in [3.63, 3.8) is 0 Å². The molecule has 0 saturated heterocycles. The summed E-state index contributed by atoms with van der Waals surface area (Å²) in [7, 11) is 0. The fourth-order valence-electron chi connectivity index (χ4n) is 1.69. The summed E-state index contributed by atoms with van der Waals surface area (Å²) in [6.07, 6.45) is 0. The average molecular weight is 276 g/mol. The number of carbonyl (C=O) groups excluding carboxylic acids is 1. The molecule has 2 aromatic rings. The second-order valence-electron chi connectivity index (χ2n) is 3.92. The van der Waals surface area contributed by atoms with E-state index in [1.807, 2.05) is 0 Å². The highest BCUT2D eigenvalue weighted by atomic mass is 35.5. The van der Waals surface area contributed by atoms with Gasteiger partial charge in [0.1, 0.15) is 0 Å². The molecule has 3 N–H and O–H groups in total. The minimum absolute atomic E-state index is 0.0413. The maximum absolute atomic E-state index is 12.3. The predicted octanol–water partition coefficient (Wildman–Crippen LogP) is 2.85. The van der Waals surface area contributed by atoms with Crippen molar-refractivity contribution in [2.75, 3.05) is 5.73 Å². The molecule has 0 fully saturated rings. The normalized spacial score (nSPS) is 10.2. The molecule has 0 aliphatic heterocycles. The van der Waals surface area contributed by atoms with E-state index in [4.69, 9.17) is 22.4 Å². The molecule has 4 nitrogen and oxygen atoms in total. The van der Waals surface area contributed by atoms with E-state index in [2.05, 4.69) is 0 Å². The third-order valence-corrected chi connectivity index (χ3v) is 2.99. The van der Waals surface area contributed by atoms with Crippen LogP contribution in [-0.2, 0) is 0 Å². The van der Waals surface area contributed by atoms with Gasteiger partial charge in [0.25, 0.3) is 0 Å². The second kappa shape index (κ2) is 5.12. The van der Waals surface area contributed by atoms with Crippen molar-refractivity contribution in [1.29, 1.82) is 0 Å². The van der Waals surface area contributed by atoms with E-state index in [1.165, 1.54) is 30.3 Å². The number of hydrogen-bond donors (Lipinski definition) is 2. The molecule has 0 unspecified atom stereocenters. The van der Waals surface area contributed by atoms with Gasteiger partial charge in [0.2, 0.25) is 0 Å². The van der Waals surface area contributed by atoms with Crippen LogP contribution in [0.15, 0.2) is 42.5 Å². The highest BCUT2D eigenvalue weighted by Crippen LogP contribution is 2.22. The molecule has 2 rings (SSSR count). The van der Waals surface area contributed by atoms with E-state index in [-0.39, 0.29) is 16.1 Å². The zero-order valence-corrected chi connectivity index (χ0v) is 10.5. The van der Waals surface area contributed by atoms with Crippen molar-refractivity contribution in [3.05, 3.63) is 64.2 Å². The van der Waals surface area contributed by atoms with E-state index >= 15 is 0 Å². The van der Waals surface area contributed by atoms with Crippen molar-refractivity contribution in [1.82, 2.24) is 0 Å². The Morgan fingerprint density at radius 3 is 2.26 bits per heavy atom. The first kappa shape index (κ1) is 13.1. The molecule has 0 aromatic heterocycles. The molecule has 0 aliphatic carbocycles. The molecule has 19 heavy (non-hydrogen) atoms. The fourth-order valence-corrected chi connectivity index (χ4v) is 1.87. The Morgan fingerprint density at radius 1 is 1.05 bits per heavy atom. The van der Waals surface area contributed by atoms with Crippen molar-refractivity contribution >= 4 is 29.0 Å². The lowest BCUT2D eigenvalue weighted by Crippen LogP contribution is -2.09. The molecule has 0 atom stereocenters. The van der Waals surface area contributed by atoms with Crippen LogP contribution in [0.5, 0.6) is 0 Å². The zero-order chi connectivity index (χ0) is 14.0. The number of halogens is 1. The van der Waals surface area contributed by atoms with E-state index in [1.54, 1.807) is 12.1 Å². The van der Waals surface area contributed by atoms with E-state index in [0.717, 1.165) is 0 Å². The van der Waals surface area contributed by atoms with Crippen LogP contribution >= 0.6 is 11.6 Å². The second-order valence-corrected chi connectivity index (χ2v) is 4.32. The van der Waals surface area contributed by atoms with E-state index in [9.17, 15) is 9.59 Å². The van der Waals surface area contributed by atoms with Gasteiger partial charge < -0.3 is 10.8 Å². The van der Waals surface area contributed by atoms with Gasteiger partial charge in [-0.1, -0.05) is 29.8 Å². The van der Waals surface area contributed by atoms with Gasteiger partial charge in [0.15, 0.2) is 5.78 Å². The zero-order valence-electron chi connectivity index (χ0n) is 9.76. The monoisotopic (exact) mass is 275 g/mol. The molecule has 0 amide bonds. The summed E-state index contributed by atoms with van der Waals surface area (Å²) < 4.78 is 0. The van der Waals surface area contributed by atoms with Crippen LogP contribution in [0.4, 0.5) is 5.69 Å². The lowest BCUT2D eigenvalue weighted by molar-refractivity contribution is 0.0693. The van der Waals surface area contributed by atoms with Crippen molar-refractivity contribution in [3.8, 4) is 0 Å². The number of nitrogens with two attached hydrogens (primary N) is 1. The third-order valence-electron chi connectivity index (χ3n) is 2.66. The number of nitrogen functional groups attached to an aromatic ring is 1. The molecule has 5 heteroatoms. The summed E-state index contributed by atoms with van der Waals surface area (Å²) in [5.74, 6) is -1.55. The van der Waals surface area contributed by atoms with Crippen LogP contribution < -0.4 is 5.73 Å². The van der Waals surface area contributed by atoms with Crippen LogP contribution in [0.3, 0.4) is 0 Å². The highest BCUT2D eigenvalue weighted by molar-refractivity contribution is 6.33. The summed E-state index contributed by atoms with van der Waals surface area (Å²) in [6.45, 7) is 0. The van der Waals surface area contributed by atoms with Crippen LogP contribution in [0.2, 0.25) is 5.02 Å². The van der Waals surface area contributed by atoms with Crippen molar-refractivity contribution < 1.29 is 14.7 Å². The largest absolute Gasteiger partial charge is 0.478 e. The van der Waals surface area contributed by atoms with Gasteiger partial charge in [-0.15, -0.1) is 0 Å². The van der Waals surface area contributed by atoms with Gasteiger partial charge in [-0.2, -0.15) is 0 Å². The van der Waals surface area contributed by atoms with Crippen molar-refractivity contribution in [2.45, 2.75) is 0 Å². The molecule has 0 heterocycles. The maximum atomic E-state index is 12.3.